The van der Waals surface area contributed by atoms with E-state index >= 15 is 0 Å². The molecular formula is C30H32N4O2S. The number of fused-ring (bicyclic) bond motifs is 2. The number of likely N-dealkylation sites (tertiary alicyclic amines) is 1. The maximum Gasteiger partial charge on any atom is 0.270 e. The van der Waals surface area contributed by atoms with Crippen molar-refractivity contribution in [3.63, 3.8) is 0 Å². The van der Waals surface area contributed by atoms with E-state index in [-0.39, 0.29) is 17.9 Å². The van der Waals surface area contributed by atoms with Crippen LogP contribution in [-0.4, -0.2) is 45.2 Å². The minimum absolute atomic E-state index is 0.0244. The zero-order valence-electron chi connectivity index (χ0n) is 21.5. The van der Waals surface area contributed by atoms with Crippen LogP contribution in [0.4, 0.5) is 0 Å². The van der Waals surface area contributed by atoms with E-state index in [0.29, 0.717) is 30.0 Å². The molecule has 6 nitrogen and oxygen atoms in total. The molecule has 1 aliphatic carbocycles. The molecule has 1 saturated heterocycles. The van der Waals surface area contributed by atoms with Gasteiger partial charge < -0.3 is 10.2 Å². The van der Waals surface area contributed by atoms with Gasteiger partial charge in [0, 0.05) is 30.2 Å². The normalized spacial score (nSPS) is 22.9. The van der Waals surface area contributed by atoms with Crippen molar-refractivity contribution in [2.75, 3.05) is 13.1 Å². The number of aromatic nitrogens is 2. The molecule has 2 aromatic heterocycles. The third-order valence-corrected chi connectivity index (χ3v) is 8.97. The fourth-order valence-electron chi connectivity index (χ4n) is 6.50. The van der Waals surface area contributed by atoms with Gasteiger partial charge in [0.2, 0.25) is 0 Å². The monoisotopic (exact) mass is 512 g/mol. The number of nitrogens with one attached hydrogen (secondary N) is 1. The number of benzene rings is 2. The molecule has 0 spiro atoms. The molecule has 0 bridgehead atoms. The van der Waals surface area contributed by atoms with Crippen molar-refractivity contribution < 1.29 is 9.59 Å². The fourth-order valence-corrected chi connectivity index (χ4v) is 7.26. The second-order valence-corrected chi connectivity index (χ2v) is 11.6. The maximum absolute atomic E-state index is 14.1. The topological polar surface area (TPSA) is 66.7 Å². The van der Waals surface area contributed by atoms with Gasteiger partial charge in [0.1, 0.15) is 5.69 Å². The van der Waals surface area contributed by atoms with Crippen LogP contribution in [0.3, 0.4) is 0 Å². The van der Waals surface area contributed by atoms with Gasteiger partial charge >= 0.3 is 0 Å². The number of amides is 2. The van der Waals surface area contributed by atoms with Crippen LogP contribution in [0.5, 0.6) is 0 Å². The summed E-state index contributed by atoms with van der Waals surface area (Å²) in [7, 11) is 0. The first-order valence-electron chi connectivity index (χ1n) is 13.1. The summed E-state index contributed by atoms with van der Waals surface area (Å²) in [4.78, 5) is 34.8. The highest BCUT2D eigenvalue weighted by molar-refractivity contribution is 7.15. The zero-order chi connectivity index (χ0) is 25.7. The zero-order valence-corrected chi connectivity index (χ0v) is 22.3. The predicted molar refractivity (Wildman–Crippen MR) is 147 cm³/mol. The van der Waals surface area contributed by atoms with E-state index in [1.54, 1.807) is 0 Å². The summed E-state index contributed by atoms with van der Waals surface area (Å²) in [5.41, 5.74) is 5.22. The molecule has 4 atom stereocenters. The van der Waals surface area contributed by atoms with Crippen molar-refractivity contribution in [1.29, 1.82) is 0 Å². The lowest BCUT2D eigenvalue weighted by Crippen LogP contribution is -2.46. The summed E-state index contributed by atoms with van der Waals surface area (Å²) >= 11 is 1.52. The molecule has 1 aliphatic heterocycles. The van der Waals surface area contributed by atoms with Gasteiger partial charge in [-0.05, 0) is 61.6 Å². The molecule has 1 unspecified atom stereocenters. The number of hydrogen-bond acceptors (Lipinski definition) is 4. The second kappa shape index (κ2) is 9.45. The summed E-state index contributed by atoms with van der Waals surface area (Å²) in [5.74, 6) is 1.45. The lowest BCUT2D eigenvalue weighted by molar-refractivity contribution is 0.0697. The Kier molecular flexibility index (Phi) is 6.11. The molecule has 6 rings (SSSR count). The number of aryl methyl sites for hydroxylation is 2. The standard InChI is InChI=1S/C30H32N4O2S/c1-18-8-10-21(11-9-18)23-6-4-5-7-24(23)29(36)34-17-22-14-19(2)15-25(22)26(34)16-31-28(35)27-20(3)32-30-33(27)12-13-37-30/h4-13,19,22,25-26H,14-17H2,1-3H3,(H,31,35)/t19?,22-,25-,26+/m0/s1. The van der Waals surface area contributed by atoms with Gasteiger partial charge in [-0.2, -0.15) is 0 Å². The molecule has 2 aromatic carbocycles. The Morgan fingerprint density at radius 1 is 1.08 bits per heavy atom. The molecule has 1 N–H and O–H groups in total. The van der Waals surface area contributed by atoms with Gasteiger partial charge in [-0.15, -0.1) is 11.3 Å². The first kappa shape index (κ1) is 23.9. The Morgan fingerprint density at radius 2 is 1.86 bits per heavy atom. The Hall–Kier alpha value is -3.45. The van der Waals surface area contributed by atoms with E-state index in [4.69, 9.17) is 0 Å². The third-order valence-electron chi connectivity index (χ3n) is 8.22. The van der Waals surface area contributed by atoms with Crippen LogP contribution in [0.15, 0.2) is 60.1 Å². The van der Waals surface area contributed by atoms with Crippen LogP contribution in [0.25, 0.3) is 16.1 Å². The smallest absolute Gasteiger partial charge is 0.270 e. The Morgan fingerprint density at radius 3 is 2.68 bits per heavy atom. The van der Waals surface area contributed by atoms with Crippen molar-refractivity contribution in [3.05, 3.63) is 82.6 Å². The number of carbonyl (C=O) groups is 2. The number of rotatable bonds is 5. The van der Waals surface area contributed by atoms with Crippen molar-refractivity contribution in [1.82, 2.24) is 19.6 Å². The van der Waals surface area contributed by atoms with E-state index in [0.717, 1.165) is 46.7 Å². The highest BCUT2D eigenvalue weighted by atomic mass is 32.1. The molecule has 3 heterocycles. The number of hydrogen-bond donors (Lipinski definition) is 1. The number of nitrogens with zero attached hydrogens (tertiary/aromatic N) is 3. The molecule has 1 saturated carbocycles. The van der Waals surface area contributed by atoms with Crippen LogP contribution < -0.4 is 5.32 Å². The van der Waals surface area contributed by atoms with Gasteiger partial charge in [0.25, 0.3) is 11.8 Å². The van der Waals surface area contributed by atoms with Gasteiger partial charge in [-0.25, -0.2) is 4.98 Å². The lowest BCUT2D eigenvalue weighted by atomic mass is 9.93. The Balaban J connectivity index is 1.28. The van der Waals surface area contributed by atoms with Crippen LogP contribution in [0.2, 0.25) is 0 Å². The third kappa shape index (κ3) is 4.25. The first-order chi connectivity index (χ1) is 17.9. The van der Waals surface area contributed by atoms with E-state index in [2.05, 4.69) is 48.4 Å². The highest BCUT2D eigenvalue weighted by Crippen LogP contribution is 2.45. The highest BCUT2D eigenvalue weighted by Gasteiger charge is 2.48. The van der Waals surface area contributed by atoms with Crippen molar-refractivity contribution in [2.24, 2.45) is 17.8 Å². The van der Waals surface area contributed by atoms with Crippen molar-refractivity contribution in [2.45, 2.75) is 39.7 Å². The summed E-state index contributed by atoms with van der Waals surface area (Å²) < 4.78 is 1.85. The molecule has 0 radical (unpaired) electrons. The van der Waals surface area contributed by atoms with Crippen LogP contribution >= 0.6 is 11.3 Å². The van der Waals surface area contributed by atoms with Crippen molar-refractivity contribution >= 4 is 28.1 Å². The Bertz CT molecular complexity index is 1470. The van der Waals surface area contributed by atoms with E-state index in [1.165, 1.54) is 16.9 Å². The molecule has 2 amide bonds. The van der Waals surface area contributed by atoms with E-state index < -0.39 is 0 Å². The van der Waals surface area contributed by atoms with Crippen LogP contribution in [0.1, 0.15) is 51.9 Å². The van der Waals surface area contributed by atoms with Crippen molar-refractivity contribution in [3.8, 4) is 11.1 Å². The SMILES string of the molecule is Cc1ccc(-c2ccccc2C(=O)N2C[C@@H]3CC(C)C[C@@H]3[C@H]2CNC(=O)c2c(C)nc3sccn23)cc1. The summed E-state index contributed by atoms with van der Waals surface area (Å²) in [6.45, 7) is 7.43. The van der Waals surface area contributed by atoms with Gasteiger partial charge in [-0.3, -0.25) is 14.0 Å². The molecule has 190 valence electrons. The first-order valence-corrected chi connectivity index (χ1v) is 14.0. The molecular weight excluding hydrogens is 480 g/mol. The summed E-state index contributed by atoms with van der Waals surface area (Å²) in [5, 5.41) is 5.11. The predicted octanol–water partition coefficient (Wildman–Crippen LogP) is 5.60. The number of thiazole rings is 1. The van der Waals surface area contributed by atoms with Crippen LogP contribution in [0, 0.1) is 31.6 Å². The maximum atomic E-state index is 14.1. The summed E-state index contributed by atoms with van der Waals surface area (Å²) in [6.07, 6.45) is 4.11. The minimum Gasteiger partial charge on any atom is -0.349 e. The minimum atomic E-state index is -0.134. The molecule has 2 aliphatic rings. The number of carbonyl (C=O) groups excluding carboxylic acids is 2. The lowest BCUT2D eigenvalue weighted by Gasteiger charge is -2.29. The van der Waals surface area contributed by atoms with E-state index in [1.807, 2.05) is 52.1 Å². The average molecular weight is 513 g/mol. The quantitative estimate of drug-likeness (QED) is 0.379. The average Bonchev–Trinajstić information content (AvgIpc) is 3.63. The van der Waals surface area contributed by atoms with Gasteiger partial charge in [-0.1, -0.05) is 55.0 Å². The summed E-state index contributed by atoms with van der Waals surface area (Å²) in [6, 6.07) is 16.2. The largest absolute Gasteiger partial charge is 0.349 e. The molecule has 7 heteroatoms. The second-order valence-electron chi connectivity index (χ2n) is 10.7. The van der Waals surface area contributed by atoms with Gasteiger partial charge in [0.15, 0.2) is 4.96 Å². The molecule has 2 fully saturated rings. The fraction of sp³-hybridized carbons (Fsp3) is 0.367. The molecule has 37 heavy (non-hydrogen) atoms. The Labute approximate surface area is 221 Å². The number of imidazole rings is 1. The van der Waals surface area contributed by atoms with E-state index in [9.17, 15) is 9.59 Å². The van der Waals surface area contributed by atoms with Crippen LogP contribution in [-0.2, 0) is 0 Å². The molecule has 4 aromatic rings. The van der Waals surface area contributed by atoms with Gasteiger partial charge in [0.05, 0.1) is 11.7 Å².